The molecule has 1 N–H and O–H groups in total. The third-order valence-corrected chi connectivity index (χ3v) is 4.12. The molecule has 0 spiro atoms. The topological polar surface area (TPSA) is 42.0 Å². The fourth-order valence-corrected chi connectivity index (χ4v) is 2.67. The summed E-state index contributed by atoms with van der Waals surface area (Å²) in [4.78, 5) is 16.2. The molecule has 0 radical (unpaired) electrons. The predicted molar refractivity (Wildman–Crippen MR) is 102 cm³/mol. The number of pyridine rings is 1. The second kappa shape index (κ2) is 8.36. The summed E-state index contributed by atoms with van der Waals surface area (Å²) in [5.41, 5.74) is 3.08. The number of amides is 1. The Labute approximate surface area is 156 Å². The number of nitrogens with zero attached hydrogens (tertiary/aromatic N) is 1. The zero-order valence-corrected chi connectivity index (χ0v) is 14.7. The van der Waals surface area contributed by atoms with E-state index in [-0.39, 0.29) is 17.5 Å². The first-order valence-electron chi connectivity index (χ1n) is 8.47. The van der Waals surface area contributed by atoms with E-state index in [0.29, 0.717) is 0 Å². The maximum atomic E-state index is 13.6. The van der Waals surface area contributed by atoms with E-state index in [9.17, 15) is 13.6 Å². The van der Waals surface area contributed by atoms with Crippen molar-refractivity contribution in [3.05, 3.63) is 95.8 Å². The molecular weight excluding hydrogens is 346 g/mol. The van der Waals surface area contributed by atoms with Gasteiger partial charge < -0.3 is 5.32 Å². The molecule has 3 rings (SSSR count). The first kappa shape index (κ1) is 18.5. The number of aromatic nitrogens is 1. The Bertz CT molecular complexity index is 971. The van der Waals surface area contributed by atoms with Gasteiger partial charge in [-0.2, -0.15) is 0 Å². The number of benzene rings is 2. The number of nitrogens with one attached hydrogen (secondary N) is 1. The van der Waals surface area contributed by atoms with Crippen LogP contribution >= 0.6 is 0 Å². The lowest BCUT2D eigenvalue weighted by Crippen LogP contribution is -2.24. The monoisotopic (exact) mass is 364 g/mol. The van der Waals surface area contributed by atoms with Crippen molar-refractivity contribution < 1.29 is 13.6 Å². The molecule has 0 saturated carbocycles. The summed E-state index contributed by atoms with van der Waals surface area (Å²) in [5, 5.41) is 2.84. The molecule has 0 unspecified atom stereocenters. The van der Waals surface area contributed by atoms with Gasteiger partial charge in [-0.15, -0.1) is 0 Å². The van der Waals surface area contributed by atoms with Crippen molar-refractivity contribution in [2.24, 2.45) is 0 Å². The van der Waals surface area contributed by atoms with Gasteiger partial charge in [-0.1, -0.05) is 24.3 Å². The fraction of sp³-hybridized carbons (Fsp3) is 0.0909. The van der Waals surface area contributed by atoms with Crippen molar-refractivity contribution in [1.29, 1.82) is 0 Å². The summed E-state index contributed by atoms with van der Waals surface area (Å²) in [7, 11) is 0. The molecule has 1 aromatic heterocycles. The van der Waals surface area contributed by atoms with Crippen LogP contribution < -0.4 is 5.32 Å². The number of hydrogen-bond donors (Lipinski definition) is 1. The zero-order valence-electron chi connectivity index (χ0n) is 14.7. The molecule has 0 aliphatic rings. The Morgan fingerprint density at radius 2 is 1.89 bits per heavy atom. The first-order valence-corrected chi connectivity index (χ1v) is 8.47. The van der Waals surface area contributed by atoms with Gasteiger partial charge in [0.15, 0.2) is 0 Å². The summed E-state index contributed by atoms with van der Waals surface area (Å²) < 4.78 is 26.5. The van der Waals surface area contributed by atoms with Gasteiger partial charge in [-0.05, 0) is 54.0 Å². The second-order valence-corrected chi connectivity index (χ2v) is 6.10. The maximum absolute atomic E-state index is 13.6. The van der Waals surface area contributed by atoms with Gasteiger partial charge in [0.05, 0.1) is 6.04 Å². The molecule has 0 aliphatic heterocycles. The van der Waals surface area contributed by atoms with Crippen LogP contribution in [0.25, 0.3) is 17.2 Å². The van der Waals surface area contributed by atoms with Crippen LogP contribution in [0.5, 0.6) is 0 Å². The SMILES string of the molecule is C[C@H](NC(=O)/C=C/c1ccc(F)cc1F)c1cccc(-c2cccnc2)c1. The third kappa shape index (κ3) is 4.85. The van der Waals surface area contributed by atoms with Crippen LogP contribution in [-0.2, 0) is 4.79 Å². The summed E-state index contributed by atoms with van der Waals surface area (Å²) in [5.74, 6) is -1.73. The van der Waals surface area contributed by atoms with Gasteiger partial charge >= 0.3 is 0 Å². The molecular formula is C22H18F2N2O. The van der Waals surface area contributed by atoms with Gasteiger partial charge in [-0.25, -0.2) is 8.78 Å². The molecule has 1 atom stereocenters. The lowest BCUT2D eigenvalue weighted by Gasteiger charge is -2.14. The Hall–Kier alpha value is -3.34. The van der Waals surface area contributed by atoms with Crippen molar-refractivity contribution >= 4 is 12.0 Å². The highest BCUT2D eigenvalue weighted by Crippen LogP contribution is 2.22. The smallest absolute Gasteiger partial charge is 0.244 e. The largest absolute Gasteiger partial charge is 0.346 e. The minimum absolute atomic E-state index is 0.151. The lowest BCUT2D eigenvalue weighted by atomic mass is 10.0. The average molecular weight is 364 g/mol. The van der Waals surface area contributed by atoms with E-state index in [4.69, 9.17) is 0 Å². The summed E-state index contributed by atoms with van der Waals surface area (Å²) in [6, 6.07) is 14.6. The molecule has 0 saturated heterocycles. The Morgan fingerprint density at radius 3 is 2.63 bits per heavy atom. The highest BCUT2D eigenvalue weighted by Gasteiger charge is 2.09. The van der Waals surface area contributed by atoms with Crippen molar-refractivity contribution in [3.63, 3.8) is 0 Å². The van der Waals surface area contributed by atoms with Gasteiger partial charge in [0, 0.05) is 30.1 Å². The molecule has 0 fully saturated rings. The van der Waals surface area contributed by atoms with Gasteiger partial charge in [0.2, 0.25) is 5.91 Å². The van der Waals surface area contributed by atoms with Crippen molar-refractivity contribution in [2.45, 2.75) is 13.0 Å². The molecule has 5 heteroatoms. The molecule has 27 heavy (non-hydrogen) atoms. The van der Waals surface area contributed by atoms with E-state index < -0.39 is 11.6 Å². The van der Waals surface area contributed by atoms with Crippen molar-refractivity contribution in [2.75, 3.05) is 0 Å². The van der Waals surface area contributed by atoms with Crippen LogP contribution in [0.4, 0.5) is 8.78 Å². The lowest BCUT2D eigenvalue weighted by molar-refractivity contribution is -0.117. The summed E-state index contributed by atoms with van der Waals surface area (Å²) in [6.45, 7) is 1.87. The molecule has 3 nitrogen and oxygen atoms in total. The van der Waals surface area contributed by atoms with Gasteiger partial charge in [0.1, 0.15) is 11.6 Å². The zero-order chi connectivity index (χ0) is 19.2. The molecule has 0 aliphatic carbocycles. The standard InChI is InChI=1S/C22H18F2N2O/c1-15(17-4-2-5-18(12-17)19-6-3-11-25-14-19)26-22(27)10-8-16-7-9-20(23)13-21(16)24/h2-15H,1H3,(H,26,27)/b10-8+/t15-/m0/s1. The normalized spacial score (nSPS) is 12.1. The van der Waals surface area contributed by atoms with E-state index in [1.807, 2.05) is 43.3 Å². The van der Waals surface area contributed by atoms with Crippen LogP contribution in [0, 0.1) is 11.6 Å². The van der Waals surface area contributed by atoms with E-state index in [0.717, 1.165) is 28.8 Å². The highest BCUT2D eigenvalue weighted by molar-refractivity contribution is 5.92. The number of halogens is 2. The molecule has 136 valence electrons. The van der Waals surface area contributed by atoms with E-state index in [1.54, 1.807) is 12.4 Å². The Kier molecular flexibility index (Phi) is 5.71. The van der Waals surface area contributed by atoms with Gasteiger partial charge in [0.25, 0.3) is 0 Å². The van der Waals surface area contributed by atoms with Gasteiger partial charge in [-0.3, -0.25) is 9.78 Å². The molecule has 0 bridgehead atoms. The molecule has 1 amide bonds. The summed E-state index contributed by atoms with van der Waals surface area (Å²) in [6.07, 6.45) is 6.05. The van der Waals surface area contributed by atoms with Crippen LogP contribution in [-0.4, -0.2) is 10.9 Å². The molecule has 2 aromatic carbocycles. The number of hydrogen-bond acceptors (Lipinski definition) is 2. The summed E-state index contributed by atoms with van der Waals surface area (Å²) >= 11 is 0. The quantitative estimate of drug-likeness (QED) is 0.653. The van der Waals surface area contributed by atoms with Crippen LogP contribution in [0.1, 0.15) is 24.1 Å². The minimum atomic E-state index is -0.712. The Balaban J connectivity index is 1.69. The van der Waals surface area contributed by atoms with Crippen LogP contribution in [0.3, 0.4) is 0 Å². The third-order valence-electron chi connectivity index (χ3n) is 4.12. The van der Waals surface area contributed by atoms with Crippen LogP contribution in [0.15, 0.2) is 73.1 Å². The second-order valence-electron chi connectivity index (χ2n) is 6.10. The van der Waals surface area contributed by atoms with E-state index in [1.165, 1.54) is 18.2 Å². The number of carbonyl (C=O) groups excluding carboxylic acids is 1. The molecule has 1 heterocycles. The minimum Gasteiger partial charge on any atom is -0.346 e. The maximum Gasteiger partial charge on any atom is 0.244 e. The number of rotatable bonds is 5. The predicted octanol–water partition coefficient (Wildman–Crippen LogP) is 4.92. The fourth-order valence-electron chi connectivity index (χ4n) is 2.67. The Morgan fingerprint density at radius 1 is 1.07 bits per heavy atom. The highest BCUT2D eigenvalue weighted by atomic mass is 19.1. The molecule has 3 aromatic rings. The van der Waals surface area contributed by atoms with Crippen LogP contribution in [0.2, 0.25) is 0 Å². The van der Waals surface area contributed by atoms with Crippen molar-refractivity contribution in [3.8, 4) is 11.1 Å². The average Bonchev–Trinajstić information content (AvgIpc) is 2.68. The van der Waals surface area contributed by atoms with Crippen molar-refractivity contribution in [1.82, 2.24) is 10.3 Å². The van der Waals surface area contributed by atoms with E-state index >= 15 is 0 Å². The first-order chi connectivity index (χ1) is 13.0. The van der Waals surface area contributed by atoms with E-state index in [2.05, 4.69) is 10.3 Å². The number of carbonyl (C=O) groups is 1.